The molecule has 25 heavy (non-hydrogen) atoms. The van der Waals surface area contributed by atoms with Gasteiger partial charge in [-0.25, -0.2) is 0 Å². The molecule has 0 unspecified atom stereocenters. The van der Waals surface area contributed by atoms with E-state index in [2.05, 4.69) is 5.10 Å². The number of hydrogen-bond acceptors (Lipinski definition) is 4. The third kappa shape index (κ3) is 4.19. The highest BCUT2D eigenvalue weighted by Gasteiger charge is 2.10. The minimum Gasteiger partial charge on any atom is -0.486 e. The van der Waals surface area contributed by atoms with E-state index in [1.807, 2.05) is 13.0 Å². The number of hydrogen-bond donors (Lipinski definition) is 0. The zero-order chi connectivity index (χ0) is 17.8. The molecule has 0 aliphatic heterocycles. The van der Waals surface area contributed by atoms with E-state index in [9.17, 15) is 4.79 Å². The van der Waals surface area contributed by atoms with E-state index < -0.39 is 0 Å². The van der Waals surface area contributed by atoms with E-state index in [0.29, 0.717) is 34.5 Å². The molecule has 1 aromatic carbocycles. The fourth-order valence-electron chi connectivity index (χ4n) is 2.24. The highest BCUT2D eigenvalue weighted by Crippen LogP contribution is 2.18. The van der Waals surface area contributed by atoms with Crippen LogP contribution in [0, 0.1) is 6.92 Å². The number of halogens is 1. The number of furan rings is 1. The maximum Gasteiger partial charge on any atom is 0.189 e. The van der Waals surface area contributed by atoms with Gasteiger partial charge in [0, 0.05) is 17.8 Å². The van der Waals surface area contributed by atoms with Crippen molar-refractivity contribution < 1.29 is 13.9 Å². The van der Waals surface area contributed by atoms with Crippen molar-refractivity contribution in [3.05, 3.63) is 76.5 Å². The lowest BCUT2D eigenvalue weighted by atomic mass is 10.1. The first-order chi connectivity index (χ1) is 12.0. The molecular weight excluding hydrogens is 340 g/mol. The van der Waals surface area contributed by atoms with Crippen LogP contribution < -0.4 is 4.74 Å². The highest BCUT2D eigenvalue weighted by molar-refractivity contribution is 6.30. The minimum absolute atomic E-state index is 0.110. The van der Waals surface area contributed by atoms with Crippen molar-refractivity contribution >= 4 is 23.5 Å². The molecule has 2 heterocycles. The molecule has 5 nitrogen and oxygen atoms in total. The zero-order valence-electron chi connectivity index (χ0n) is 13.9. The Morgan fingerprint density at radius 3 is 2.72 bits per heavy atom. The van der Waals surface area contributed by atoms with Gasteiger partial charge in [0.15, 0.2) is 5.78 Å². The number of benzene rings is 1. The van der Waals surface area contributed by atoms with Gasteiger partial charge in [-0.3, -0.25) is 9.48 Å². The maximum atomic E-state index is 12.2. The monoisotopic (exact) mass is 356 g/mol. The van der Waals surface area contributed by atoms with Gasteiger partial charge in [0.2, 0.25) is 0 Å². The summed E-state index contributed by atoms with van der Waals surface area (Å²) in [6.45, 7) is 2.15. The van der Waals surface area contributed by atoms with Crippen LogP contribution in [-0.2, 0) is 13.7 Å². The van der Waals surface area contributed by atoms with Crippen LogP contribution in [0.25, 0.3) is 6.08 Å². The number of carbonyl (C=O) groups excluding carboxylic acids is 1. The number of rotatable bonds is 6. The topological polar surface area (TPSA) is 57.3 Å². The summed E-state index contributed by atoms with van der Waals surface area (Å²) < 4.78 is 12.9. The Balaban J connectivity index is 1.60. The first-order valence-corrected chi connectivity index (χ1v) is 8.09. The Bertz CT molecular complexity index is 907. The van der Waals surface area contributed by atoms with Crippen LogP contribution >= 0.6 is 11.6 Å². The molecule has 0 bridgehead atoms. The van der Waals surface area contributed by atoms with Crippen molar-refractivity contribution in [1.29, 1.82) is 0 Å². The summed E-state index contributed by atoms with van der Waals surface area (Å²) in [6.07, 6.45) is 4.68. The van der Waals surface area contributed by atoms with Crippen LogP contribution in [0.1, 0.15) is 27.6 Å². The van der Waals surface area contributed by atoms with Crippen molar-refractivity contribution in [2.75, 3.05) is 0 Å². The molecule has 6 heteroatoms. The number of aryl methyl sites for hydroxylation is 1. The molecule has 128 valence electrons. The summed E-state index contributed by atoms with van der Waals surface area (Å²) in [4.78, 5) is 12.2. The fourth-order valence-corrected chi connectivity index (χ4v) is 2.36. The summed E-state index contributed by atoms with van der Waals surface area (Å²) >= 11 is 5.83. The average molecular weight is 357 g/mol. The van der Waals surface area contributed by atoms with Crippen molar-refractivity contribution in [3.8, 4) is 5.75 Å². The summed E-state index contributed by atoms with van der Waals surface area (Å²) in [5, 5.41) is 4.73. The van der Waals surface area contributed by atoms with Gasteiger partial charge >= 0.3 is 0 Å². The Morgan fingerprint density at radius 2 is 2.04 bits per heavy atom. The van der Waals surface area contributed by atoms with E-state index >= 15 is 0 Å². The SMILES string of the molecule is Cc1c(C(=O)C=Cc2ccc(COc3ccc(Cl)cc3)o2)cnn1C. The molecule has 0 amide bonds. The molecular formula is C19H17ClN2O3. The van der Waals surface area contributed by atoms with Gasteiger partial charge < -0.3 is 9.15 Å². The van der Waals surface area contributed by atoms with E-state index in [1.165, 1.54) is 6.08 Å². The van der Waals surface area contributed by atoms with Crippen LogP contribution in [0.4, 0.5) is 0 Å². The summed E-state index contributed by atoms with van der Waals surface area (Å²) in [5.74, 6) is 1.85. The maximum absolute atomic E-state index is 12.2. The quantitative estimate of drug-likeness (QED) is 0.483. The second kappa shape index (κ2) is 7.40. The normalized spacial score (nSPS) is 11.2. The zero-order valence-corrected chi connectivity index (χ0v) is 14.7. The number of nitrogens with zero attached hydrogens (tertiary/aromatic N) is 2. The summed E-state index contributed by atoms with van der Waals surface area (Å²) in [5.41, 5.74) is 1.41. The molecule has 3 rings (SSSR count). The van der Waals surface area contributed by atoms with E-state index in [0.717, 1.165) is 5.69 Å². The lowest BCUT2D eigenvalue weighted by molar-refractivity contribution is 0.104. The lowest BCUT2D eigenvalue weighted by Gasteiger charge is -2.03. The molecule has 0 aliphatic carbocycles. The van der Waals surface area contributed by atoms with Gasteiger partial charge in [0.1, 0.15) is 23.9 Å². The van der Waals surface area contributed by atoms with Crippen molar-refractivity contribution in [1.82, 2.24) is 9.78 Å². The third-order valence-electron chi connectivity index (χ3n) is 3.78. The van der Waals surface area contributed by atoms with Gasteiger partial charge in [-0.2, -0.15) is 5.10 Å². The van der Waals surface area contributed by atoms with Gasteiger partial charge in [0.25, 0.3) is 0 Å². The minimum atomic E-state index is -0.110. The van der Waals surface area contributed by atoms with Gasteiger partial charge in [0.05, 0.1) is 11.8 Å². The Morgan fingerprint density at radius 1 is 1.28 bits per heavy atom. The molecule has 0 N–H and O–H groups in total. The largest absolute Gasteiger partial charge is 0.486 e. The Kier molecular flexibility index (Phi) is 5.05. The van der Waals surface area contributed by atoms with E-state index in [4.69, 9.17) is 20.8 Å². The van der Waals surface area contributed by atoms with Crippen molar-refractivity contribution in [2.24, 2.45) is 7.05 Å². The summed E-state index contributed by atoms with van der Waals surface area (Å²) in [7, 11) is 1.80. The van der Waals surface area contributed by atoms with Crippen LogP contribution in [-0.4, -0.2) is 15.6 Å². The molecule has 0 saturated carbocycles. The fraction of sp³-hybridized carbons (Fsp3) is 0.158. The number of carbonyl (C=O) groups is 1. The number of aromatic nitrogens is 2. The van der Waals surface area contributed by atoms with Crippen molar-refractivity contribution in [3.63, 3.8) is 0 Å². The van der Waals surface area contributed by atoms with E-state index in [1.54, 1.807) is 54.3 Å². The van der Waals surface area contributed by atoms with Crippen LogP contribution in [0.2, 0.25) is 5.02 Å². The molecule has 3 aromatic rings. The Labute approximate surface area is 150 Å². The van der Waals surface area contributed by atoms with Crippen LogP contribution in [0.3, 0.4) is 0 Å². The molecule has 0 saturated heterocycles. The van der Waals surface area contributed by atoms with Gasteiger partial charge in [-0.1, -0.05) is 11.6 Å². The number of ketones is 1. The molecule has 0 aliphatic rings. The molecule has 0 radical (unpaired) electrons. The predicted octanol–water partition coefficient (Wildman–Crippen LogP) is 4.45. The number of allylic oxidation sites excluding steroid dienone is 1. The molecule has 0 fully saturated rings. The average Bonchev–Trinajstić information content (AvgIpc) is 3.20. The van der Waals surface area contributed by atoms with Gasteiger partial charge in [-0.05, 0) is 55.5 Å². The summed E-state index contributed by atoms with van der Waals surface area (Å²) in [6, 6.07) is 10.7. The van der Waals surface area contributed by atoms with Crippen molar-refractivity contribution in [2.45, 2.75) is 13.5 Å². The number of ether oxygens (including phenoxy) is 1. The third-order valence-corrected chi connectivity index (χ3v) is 4.03. The lowest BCUT2D eigenvalue weighted by Crippen LogP contribution is -1.98. The second-order valence-electron chi connectivity index (χ2n) is 5.51. The van der Waals surface area contributed by atoms with E-state index in [-0.39, 0.29) is 5.78 Å². The second-order valence-corrected chi connectivity index (χ2v) is 5.95. The van der Waals surface area contributed by atoms with Gasteiger partial charge in [-0.15, -0.1) is 0 Å². The smallest absolute Gasteiger partial charge is 0.189 e. The standard InChI is InChI=1S/C19H17ClN2O3/c1-13-18(11-21-22(13)2)19(23)10-9-16-7-8-17(25-16)12-24-15-5-3-14(20)4-6-15/h3-11H,12H2,1-2H3. The first kappa shape index (κ1) is 17.0. The van der Waals surface area contributed by atoms with Crippen LogP contribution in [0.15, 0.2) is 53.1 Å². The van der Waals surface area contributed by atoms with Crippen LogP contribution in [0.5, 0.6) is 5.75 Å². The first-order valence-electron chi connectivity index (χ1n) is 7.71. The molecule has 2 aromatic heterocycles. The highest BCUT2D eigenvalue weighted by atomic mass is 35.5. The molecule has 0 spiro atoms. The molecule has 0 atom stereocenters. The Hall–Kier alpha value is -2.79. The predicted molar refractivity (Wildman–Crippen MR) is 95.8 cm³/mol.